The Morgan fingerprint density at radius 1 is 0.868 bits per heavy atom. The quantitative estimate of drug-likeness (QED) is 0.299. The van der Waals surface area contributed by atoms with E-state index >= 15 is 0 Å². The number of ether oxygens (including phenoxy) is 6. The lowest BCUT2D eigenvalue weighted by Gasteiger charge is -2.39. The molecule has 2 aliphatic heterocycles. The van der Waals surface area contributed by atoms with Gasteiger partial charge >= 0.3 is 0 Å². The molecule has 0 spiro atoms. The molecule has 1 saturated heterocycles. The summed E-state index contributed by atoms with van der Waals surface area (Å²) in [6.45, 7) is 1.63. The van der Waals surface area contributed by atoms with Crippen LogP contribution >= 0.6 is 0 Å². The number of methoxy groups -OCH3 is 3. The number of phenolic OH excluding ortho intramolecular Hbond substituents is 1. The number of hydrogen-bond donors (Lipinski definition) is 5. The molecule has 2 aliphatic rings. The maximum absolute atomic E-state index is 10.5. The van der Waals surface area contributed by atoms with Crippen LogP contribution in [0.4, 0.5) is 0 Å². The van der Waals surface area contributed by atoms with Gasteiger partial charge in [-0.05, 0) is 43.5 Å². The van der Waals surface area contributed by atoms with Crippen LogP contribution in [0.15, 0.2) is 24.3 Å². The molecule has 5 N–H and O–H groups in total. The third kappa shape index (κ3) is 5.35. The standard InChI is InChI=1S/C27H36O11/c1-13-21(29)23(31)24(32)27(37-13)36-12-17-16-8-14(6-5-7-28)9-20(35-4)26(16)38-25(17)15-10-18(33-2)22(30)19(11-15)34-3/h8-11,13,17,21,23-25,27-32H,5-7,12H2,1-4H3/t13-,17+,21-,23+,24+,25-,27+/m0/s1. The second-order valence-corrected chi connectivity index (χ2v) is 9.48. The molecule has 0 radical (unpaired) electrons. The molecule has 11 nitrogen and oxygen atoms in total. The minimum Gasteiger partial charge on any atom is -0.502 e. The Morgan fingerprint density at radius 2 is 1.53 bits per heavy atom. The largest absolute Gasteiger partial charge is 0.502 e. The maximum atomic E-state index is 10.5. The first-order valence-corrected chi connectivity index (χ1v) is 12.5. The van der Waals surface area contributed by atoms with Crippen LogP contribution in [0.1, 0.15) is 42.1 Å². The fraction of sp³-hybridized carbons (Fsp3) is 0.556. The second kappa shape index (κ2) is 11.9. The monoisotopic (exact) mass is 536 g/mol. The lowest BCUT2D eigenvalue weighted by Crippen LogP contribution is -2.57. The molecule has 4 rings (SSSR count). The van der Waals surface area contributed by atoms with Gasteiger partial charge in [-0.25, -0.2) is 0 Å². The zero-order valence-electron chi connectivity index (χ0n) is 21.9. The van der Waals surface area contributed by atoms with Crippen LogP contribution in [0.25, 0.3) is 0 Å². The van der Waals surface area contributed by atoms with E-state index < -0.39 is 42.7 Å². The molecule has 0 aromatic heterocycles. The van der Waals surface area contributed by atoms with Crippen LogP contribution in [0.5, 0.6) is 28.7 Å². The molecule has 1 fully saturated rings. The number of aromatic hydroxyl groups is 1. The van der Waals surface area contributed by atoms with Crippen molar-refractivity contribution in [2.45, 2.75) is 62.5 Å². The average Bonchev–Trinajstić information content (AvgIpc) is 3.29. The van der Waals surface area contributed by atoms with Crippen molar-refractivity contribution in [2.24, 2.45) is 0 Å². The number of hydrogen-bond acceptors (Lipinski definition) is 11. The summed E-state index contributed by atoms with van der Waals surface area (Å²) in [5, 5.41) is 50.5. The Kier molecular flexibility index (Phi) is 8.86. The predicted molar refractivity (Wildman–Crippen MR) is 134 cm³/mol. The van der Waals surface area contributed by atoms with Gasteiger partial charge in [0.2, 0.25) is 5.75 Å². The van der Waals surface area contributed by atoms with Gasteiger partial charge in [0.1, 0.15) is 24.4 Å². The van der Waals surface area contributed by atoms with Crippen LogP contribution in [0.3, 0.4) is 0 Å². The third-order valence-corrected chi connectivity index (χ3v) is 7.08. The summed E-state index contributed by atoms with van der Waals surface area (Å²) in [6.07, 6.45) is -5.52. The predicted octanol–water partition coefficient (Wildman–Crippen LogP) is 1.40. The Morgan fingerprint density at radius 3 is 2.13 bits per heavy atom. The number of fused-ring (bicyclic) bond motifs is 1. The first-order chi connectivity index (χ1) is 18.2. The van der Waals surface area contributed by atoms with E-state index in [0.29, 0.717) is 29.9 Å². The molecule has 0 amide bonds. The summed E-state index contributed by atoms with van der Waals surface area (Å²) >= 11 is 0. The van der Waals surface area contributed by atoms with Gasteiger partial charge in [-0.15, -0.1) is 0 Å². The van der Waals surface area contributed by atoms with Gasteiger partial charge < -0.3 is 54.0 Å². The van der Waals surface area contributed by atoms with E-state index in [2.05, 4.69) is 0 Å². The molecular formula is C27H36O11. The topological polar surface area (TPSA) is 157 Å². The molecule has 2 aromatic rings. The molecule has 210 valence electrons. The van der Waals surface area contributed by atoms with E-state index in [1.54, 1.807) is 26.2 Å². The summed E-state index contributed by atoms with van der Waals surface area (Å²) in [7, 11) is 4.41. The molecule has 2 aromatic carbocycles. The van der Waals surface area contributed by atoms with E-state index in [4.69, 9.17) is 28.4 Å². The van der Waals surface area contributed by atoms with Crippen LogP contribution in [0, 0.1) is 0 Å². The first-order valence-electron chi connectivity index (χ1n) is 12.5. The highest BCUT2D eigenvalue weighted by atomic mass is 16.7. The molecule has 0 bridgehead atoms. The second-order valence-electron chi connectivity index (χ2n) is 9.48. The van der Waals surface area contributed by atoms with Crippen molar-refractivity contribution in [1.82, 2.24) is 0 Å². The summed E-state index contributed by atoms with van der Waals surface area (Å²) in [6, 6.07) is 7.12. The minimum absolute atomic E-state index is 0.00699. The van der Waals surface area contributed by atoms with Gasteiger partial charge in [0.05, 0.1) is 40.0 Å². The van der Waals surface area contributed by atoms with Crippen molar-refractivity contribution < 1.29 is 54.0 Å². The molecule has 0 unspecified atom stereocenters. The van der Waals surface area contributed by atoms with Gasteiger partial charge in [0, 0.05) is 17.7 Å². The van der Waals surface area contributed by atoms with Gasteiger partial charge in [0.25, 0.3) is 0 Å². The normalized spacial score (nSPS) is 28.5. The van der Waals surface area contributed by atoms with E-state index in [1.165, 1.54) is 14.2 Å². The Bertz CT molecular complexity index is 1080. The van der Waals surface area contributed by atoms with Gasteiger partial charge in [-0.1, -0.05) is 6.07 Å². The molecule has 7 atom stereocenters. The summed E-state index contributed by atoms with van der Waals surface area (Å²) in [4.78, 5) is 0. The first kappa shape index (κ1) is 28.2. The van der Waals surface area contributed by atoms with Crippen molar-refractivity contribution in [3.63, 3.8) is 0 Å². The third-order valence-electron chi connectivity index (χ3n) is 7.08. The lowest BCUT2D eigenvalue weighted by atomic mass is 9.89. The van der Waals surface area contributed by atoms with E-state index in [-0.39, 0.29) is 30.5 Å². The van der Waals surface area contributed by atoms with Crippen molar-refractivity contribution in [3.8, 4) is 28.7 Å². The maximum Gasteiger partial charge on any atom is 0.200 e. The Hall–Kier alpha value is -2.80. The van der Waals surface area contributed by atoms with Crippen molar-refractivity contribution >= 4 is 0 Å². The molecule has 38 heavy (non-hydrogen) atoms. The summed E-state index contributed by atoms with van der Waals surface area (Å²) in [5.74, 6) is 0.839. The number of benzene rings is 2. The van der Waals surface area contributed by atoms with Crippen LogP contribution < -0.4 is 18.9 Å². The molecule has 0 aliphatic carbocycles. The summed E-state index contributed by atoms with van der Waals surface area (Å²) in [5.41, 5.74) is 2.35. The van der Waals surface area contributed by atoms with Gasteiger partial charge in [-0.2, -0.15) is 0 Å². The van der Waals surface area contributed by atoms with Gasteiger partial charge in [0.15, 0.2) is 29.3 Å². The number of aliphatic hydroxyl groups excluding tert-OH is 4. The zero-order valence-corrected chi connectivity index (χ0v) is 21.9. The lowest BCUT2D eigenvalue weighted by molar-refractivity contribution is -0.294. The fourth-order valence-electron chi connectivity index (χ4n) is 4.94. The number of rotatable bonds is 10. The molecular weight excluding hydrogens is 500 g/mol. The number of aliphatic hydroxyl groups is 4. The zero-order chi connectivity index (χ0) is 27.6. The number of phenols is 1. The van der Waals surface area contributed by atoms with Crippen molar-refractivity contribution in [2.75, 3.05) is 34.5 Å². The summed E-state index contributed by atoms with van der Waals surface area (Å²) < 4.78 is 34.3. The highest BCUT2D eigenvalue weighted by Gasteiger charge is 2.44. The highest BCUT2D eigenvalue weighted by molar-refractivity contribution is 5.58. The van der Waals surface area contributed by atoms with E-state index in [1.807, 2.05) is 12.1 Å². The van der Waals surface area contributed by atoms with Crippen LogP contribution in [0.2, 0.25) is 0 Å². The number of aryl methyl sites for hydroxylation is 1. The SMILES string of the molecule is COc1cc([C@@H]2Oc3c(OC)cc(CCCO)cc3[C@H]2CO[C@@H]2O[C@@H](C)[C@H](O)[C@@H](O)[C@H]2O)cc(OC)c1O. The smallest absolute Gasteiger partial charge is 0.200 e. The average molecular weight is 537 g/mol. The molecule has 2 heterocycles. The Labute approximate surface area is 221 Å². The van der Waals surface area contributed by atoms with Crippen LogP contribution in [-0.2, 0) is 15.9 Å². The minimum atomic E-state index is -1.46. The fourth-order valence-corrected chi connectivity index (χ4v) is 4.94. The van der Waals surface area contributed by atoms with Crippen molar-refractivity contribution in [1.29, 1.82) is 0 Å². The molecule has 11 heteroatoms. The van der Waals surface area contributed by atoms with Gasteiger partial charge in [-0.3, -0.25) is 0 Å². The van der Waals surface area contributed by atoms with Crippen molar-refractivity contribution in [3.05, 3.63) is 41.0 Å². The van der Waals surface area contributed by atoms with Crippen LogP contribution in [-0.4, -0.2) is 90.8 Å². The molecule has 0 saturated carbocycles. The van der Waals surface area contributed by atoms with E-state index in [0.717, 1.165) is 11.1 Å². The highest BCUT2D eigenvalue weighted by Crippen LogP contribution is 2.53. The van der Waals surface area contributed by atoms with E-state index in [9.17, 15) is 25.5 Å². The Balaban J connectivity index is 1.72.